The second-order valence-electron chi connectivity index (χ2n) is 4.70. The van der Waals surface area contributed by atoms with E-state index in [2.05, 4.69) is 39.6 Å². The van der Waals surface area contributed by atoms with Crippen molar-refractivity contribution < 1.29 is 0 Å². The molecule has 2 heterocycles. The van der Waals surface area contributed by atoms with Gasteiger partial charge in [-0.1, -0.05) is 24.3 Å². The van der Waals surface area contributed by atoms with Crippen LogP contribution in [0.5, 0.6) is 0 Å². The lowest BCUT2D eigenvalue weighted by Gasteiger charge is -2.09. The van der Waals surface area contributed by atoms with E-state index in [0.717, 1.165) is 34.7 Å². The number of aromatic nitrogens is 4. The molecule has 1 N–H and O–H groups in total. The van der Waals surface area contributed by atoms with Gasteiger partial charge in [0, 0.05) is 36.8 Å². The molecule has 0 unspecified atom stereocenters. The number of aryl methyl sites for hydroxylation is 1. The van der Waals surface area contributed by atoms with E-state index in [4.69, 9.17) is 0 Å². The van der Waals surface area contributed by atoms with E-state index in [1.165, 1.54) is 0 Å². The fourth-order valence-corrected chi connectivity index (χ4v) is 2.30. The SMILES string of the molecule is CCNc1nnc(Cc2nccn2C)c2ccccc12. The van der Waals surface area contributed by atoms with Crippen molar-refractivity contribution in [1.82, 2.24) is 19.7 Å². The molecule has 5 nitrogen and oxygen atoms in total. The van der Waals surface area contributed by atoms with Crippen molar-refractivity contribution >= 4 is 16.6 Å². The van der Waals surface area contributed by atoms with Gasteiger partial charge in [-0.3, -0.25) is 0 Å². The van der Waals surface area contributed by atoms with E-state index in [1.807, 2.05) is 29.9 Å². The van der Waals surface area contributed by atoms with E-state index in [-0.39, 0.29) is 0 Å². The van der Waals surface area contributed by atoms with Crippen LogP contribution in [0.2, 0.25) is 0 Å². The van der Waals surface area contributed by atoms with Crippen LogP contribution in [-0.2, 0) is 13.5 Å². The summed E-state index contributed by atoms with van der Waals surface area (Å²) in [6.45, 7) is 2.88. The minimum absolute atomic E-state index is 0.684. The van der Waals surface area contributed by atoms with Crippen molar-refractivity contribution in [3.05, 3.63) is 48.2 Å². The Hall–Kier alpha value is -2.43. The van der Waals surface area contributed by atoms with E-state index < -0.39 is 0 Å². The zero-order chi connectivity index (χ0) is 13.9. The molecule has 3 aromatic rings. The summed E-state index contributed by atoms with van der Waals surface area (Å²) in [6.07, 6.45) is 4.43. The highest BCUT2D eigenvalue weighted by Crippen LogP contribution is 2.23. The van der Waals surface area contributed by atoms with Gasteiger partial charge in [0.2, 0.25) is 0 Å². The minimum Gasteiger partial charge on any atom is -0.368 e. The number of hydrogen-bond donors (Lipinski definition) is 1. The molecule has 102 valence electrons. The maximum atomic E-state index is 4.38. The van der Waals surface area contributed by atoms with Crippen LogP contribution in [0.3, 0.4) is 0 Å². The molecule has 0 atom stereocenters. The van der Waals surface area contributed by atoms with Gasteiger partial charge in [-0.15, -0.1) is 5.10 Å². The Balaban J connectivity index is 2.08. The highest BCUT2D eigenvalue weighted by atomic mass is 15.2. The molecular formula is C15H17N5. The van der Waals surface area contributed by atoms with Gasteiger partial charge in [0.05, 0.1) is 12.1 Å². The third-order valence-electron chi connectivity index (χ3n) is 3.35. The molecule has 20 heavy (non-hydrogen) atoms. The Kier molecular flexibility index (Phi) is 3.33. The zero-order valence-electron chi connectivity index (χ0n) is 11.7. The predicted molar refractivity (Wildman–Crippen MR) is 79.7 cm³/mol. The Morgan fingerprint density at radius 1 is 1.15 bits per heavy atom. The monoisotopic (exact) mass is 267 g/mol. The lowest BCUT2D eigenvalue weighted by atomic mass is 10.1. The van der Waals surface area contributed by atoms with Crippen LogP contribution < -0.4 is 5.32 Å². The summed E-state index contributed by atoms with van der Waals surface area (Å²) in [4.78, 5) is 4.36. The van der Waals surface area contributed by atoms with Gasteiger partial charge in [0.25, 0.3) is 0 Å². The molecule has 2 aromatic heterocycles. The Bertz CT molecular complexity index is 732. The zero-order valence-corrected chi connectivity index (χ0v) is 11.7. The summed E-state index contributed by atoms with van der Waals surface area (Å²) >= 11 is 0. The maximum absolute atomic E-state index is 4.38. The smallest absolute Gasteiger partial charge is 0.156 e. The minimum atomic E-state index is 0.684. The molecule has 0 saturated heterocycles. The lowest BCUT2D eigenvalue weighted by Crippen LogP contribution is -2.06. The molecule has 3 rings (SSSR count). The summed E-state index contributed by atoms with van der Waals surface area (Å²) in [6, 6.07) is 8.21. The normalized spacial score (nSPS) is 10.9. The second-order valence-corrected chi connectivity index (χ2v) is 4.70. The van der Waals surface area contributed by atoms with Crippen LogP contribution >= 0.6 is 0 Å². The number of rotatable bonds is 4. The average Bonchev–Trinajstić information content (AvgIpc) is 2.87. The van der Waals surface area contributed by atoms with E-state index in [0.29, 0.717) is 6.42 Å². The Labute approximate surface area is 117 Å². The summed E-state index contributed by atoms with van der Waals surface area (Å²) in [5, 5.41) is 14.2. The van der Waals surface area contributed by atoms with Crippen LogP contribution in [0.15, 0.2) is 36.7 Å². The Morgan fingerprint density at radius 2 is 1.95 bits per heavy atom. The van der Waals surface area contributed by atoms with E-state index >= 15 is 0 Å². The van der Waals surface area contributed by atoms with Gasteiger partial charge in [0.15, 0.2) is 5.82 Å². The van der Waals surface area contributed by atoms with Crippen molar-refractivity contribution in [3.8, 4) is 0 Å². The molecule has 0 aliphatic heterocycles. The third kappa shape index (κ3) is 2.22. The fourth-order valence-electron chi connectivity index (χ4n) is 2.30. The first-order valence-electron chi connectivity index (χ1n) is 6.74. The lowest BCUT2D eigenvalue weighted by molar-refractivity contribution is 0.804. The average molecular weight is 267 g/mol. The number of imidazole rings is 1. The van der Waals surface area contributed by atoms with Crippen molar-refractivity contribution in [2.75, 3.05) is 11.9 Å². The van der Waals surface area contributed by atoms with Gasteiger partial charge >= 0.3 is 0 Å². The summed E-state index contributed by atoms with van der Waals surface area (Å²) in [5.74, 6) is 1.83. The second kappa shape index (κ2) is 5.28. The molecule has 5 heteroatoms. The molecule has 0 fully saturated rings. The number of nitrogens with one attached hydrogen (secondary N) is 1. The molecule has 0 saturated carbocycles. The summed E-state index contributed by atoms with van der Waals surface area (Å²) < 4.78 is 2.01. The molecule has 0 aliphatic carbocycles. The van der Waals surface area contributed by atoms with Gasteiger partial charge < -0.3 is 9.88 Å². The molecule has 0 spiro atoms. The molecule has 0 bridgehead atoms. The van der Waals surface area contributed by atoms with Crippen molar-refractivity contribution in [2.45, 2.75) is 13.3 Å². The molecular weight excluding hydrogens is 250 g/mol. The maximum Gasteiger partial charge on any atom is 0.156 e. The highest BCUT2D eigenvalue weighted by molar-refractivity contribution is 5.93. The number of hydrogen-bond acceptors (Lipinski definition) is 4. The largest absolute Gasteiger partial charge is 0.368 e. The van der Waals surface area contributed by atoms with Gasteiger partial charge in [-0.2, -0.15) is 5.10 Å². The molecule has 0 aliphatic rings. The fraction of sp³-hybridized carbons (Fsp3) is 0.267. The molecule has 0 amide bonds. The number of benzene rings is 1. The van der Waals surface area contributed by atoms with Crippen LogP contribution in [-0.4, -0.2) is 26.3 Å². The van der Waals surface area contributed by atoms with Crippen molar-refractivity contribution in [1.29, 1.82) is 0 Å². The molecule has 0 radical (unpaired) electrons. The van der Waals surface area contributed by atoms with Gasteiger partial charge in [-0.25, -0.2) is 4.98 Å². The molecule has 1 aromatic carbocycles. The third-order valence-corrected chi connectivity index (χ3v) is 3.35. The number of anilines is 1. The van der Waals surface area contributed by atoms with Crippen LogP contribution in [0.25, 0.3) is 10.8 Å². The summed E-state index contributed by atoms with van der Waals surface area (Å²) in [5.41, 5.74) is 0.955. The number of nitrogens with zero attached hydrogens (tertiary/aromatic N) is 4. The van der Waals surface area contributed by atoms with Crippen LogP contribution in [0.4, 0.5) is 5.82 Å². The van der Waals surface area contributed by atoms with Gasteiger partial charge in [0.1, 0.15) is 5.82 Å². The first kappa shape index (κ1) is 12.6. The topological polar surface area (TPSA) is 55.6 Å². The number of fused-ring (bicyclic) bond motifs is 1. The van der Waals surface area contributed by atoms with Crippen LogP contribution in [0.1, 0.15) is 18.4 Å². The first-order valence-corrected chi connectivity index (χ1v) is 6.74. The highest BCUT2D eigenvalue weighted by Gasteiger charge is 2.10. The van der Waals surface area contributed by atoms with Crippen molar-refractivity contribution in [3.63, 3.8) is 0 Å². The van der Waals surface area contributed by atoms with E-state index in [9.17, 15) is 0 Å². The van der Waals surface area contributed by atoms with Gasteiger partial charge in [-0.05, 0) is 6.92 Å². The van der Waals surface area contributed by atoms with Crippen molar-refractivity contribution in [2.24, 2.45) is 7.05 Å². The Morgan fingerprint density at radius 3 is 2.65 bits per heavy atom. The first-order chi connectivity index (χ1) is 9.79. The quantitative estimate of drug-likeness (QED) is 0.788. The standard InChI is InChI=1S/C15H17N5/c1-3-16-15-12-7-5-4-6-11(12)13(18-19-15)10-14-17-8-9-20(14)2/h4-9H,3,10H2,1-2H3,(H,16,19). The van der Waals surface area contributed by atoms with Crippen LogP contribution in [0, 0.1) is 0 Å². The predicted octanol–water partition coefficient (Wildman–Crippen LogP) is 2.39. The van der Waals surface area contributed by atoms with E-state index in [1.54, 1.807) is 6.20 Å². The summed E-state index contributed by atoms with van der Waals surface area (Å²) in [7, 11) is 1.99.